The molecular formula is C25H23ClN2O5. The summed E-state index contributed by atoms with van der Waals surface area (Å²) in [5, 5.41) is 1.30. The Hall–Kier alpha value is -3.00. The number of carbonyl (C=O) groups is 3. The summed E-state index contributed by atoms with van der Waals surface area (Å²) in [6.07, 6.45) is 0. The molecule has 1 amide bonds. The fourth-order valence-electron chi connectivity index (χ4n) is 4.59. The molecule has 2 unspecified atom stereocenters. The van der Waals surface area contributed by atoms with Crippen LogP contribution in [-0.4, -0.2) is 66.7 Å². The molecule has 8 heteroatoms. The molecule has 0 spiro atoms. The van der Waals surface area contributed by atoms with Crippen LogP contribution in [0.1, 0.15) is 22.2 Å². The summed E-state index contributed by atoms with van der Waals surface area (Å²) in [5.41, 5.74) is 1.25. The number of nitrogens with zero attached hydrogens (tertiary/aromatic N) is 2. The Morgan fingerprint density at radius 3 is 2.45 bits per heavy atom. The van der Waals surface area contributed by atoms with Gasteiger partial charge >= 0.3 is 0 Å². The van der Waals surface area contributed by atoms with E-state index in [0.29, 0.717) is 42.5 Å². The van der Waals surface area contributed by atoms with E-state index in [9.17, 15) is 14.4 Å². The van der Waals surface area contributed by atoms with Crippen LogP contribution in [0.5, 0.6) is 0 Å². The first-order valence-electron chi connectivity index (χ1n) is 11.0. The van der Waals surface area contributed by atoms with Gasteiger partial charge < -0.3 is 14.1 Å². The zero-order valence-corrected chi connectivity index (χ0v) is 18.7. The van der Waals surface area contributed by atoms with Gasteiger partial charge in [-0.25, -0.2) is 0 Å². The van der Waals surface area contributed by atoms with E-state index in [2.05, 4.69) is 4.90 Å². The maximum atomic E-state index is 13.5. The number of hydrogen-bond donors (Lipinski definition) is 0. The Balaban J connectivity index is 1.48. The number of fused-ring (bicyclic) bond motifs is 1. The summed E-state index contributed by atoms with van der Waals surface area (Å²) in [6, 6.07) is 15.1. The number of furan rings is 1. The largest absolute Gasteiger partial charge is 0.453 e. The van der Waals surface area contributed by atoms with Gasteiger partial charge in [-0.1, -0.05) is 41.9 Å². The molecule has 0 aliphatic carbocycles. The van der Waals surface area contributed by atoms with E-state index in [0.717, 1.165) is 18.5 Å². The lowest BCUT2D eigenvalue weighted by Gasteiger charge is -2.31. The van der Waals surface area contributed by atoms with E-state index >= 15 is 0 Å². The van der Waals surface area contributed by atoms with Crippen molar-refractivity contribution >= 4 is 40.0 Å². The van der Waals surface area contributed by atoms with E-state index in [1.54, 1.807) is 36.4 Å². The van der Waals surface area contributed by atoms with Gasteiger partial charge in [0.1, 0.15) is 11.5 Å². The normalized spacial score (nSPS) is 21.8. The molecule has 3 heterocycles. The van der Waals surface area contributed by atoms with Crippen LogP contribution < -0.4 is 0 Å². The second-order valence-corrected chi connectivity index (χ2v) is 8.74. The molecule has 0 saturated carbocycles. The van der Waals surface area contributed by atoms with E-state index in [1.807, 2.05) is 18.2 Å². The van der Waals surface area contributed by atoms with Crippen molar-refractivity contribution in [2.75, 3.05) is 39.4 Å². The second kappa shape index (κ2) is 9.09. The Morgan fingerprint density at radius 2 is 1.73 bits per heavy atom. The third kappa shape index (κ3) is 4.19. The van der Waals surface area contributed by atoms with Gasteiger partial charge in [0, 0.05) is 36.6 Å². The van der Waals surface area contributed by atoms with Crippen molar-refractivity contribution in [1.82, 2.24) is 9.80 Å². The first kappa shape index (κ1) is 21.8. The van der Waals surface area contributed by atoms with Crippen LogP contribution in [0.2, 0.25) is 5.02 Å². The number of amides is 1. The molecule has 7 nitrogen and oxygen atoms in total. The summed E-state index contributed by atoms with van der Waals surface area (Å²) < 4.78 is 11.1. The molecule has 1 aromatic heterocycles. The number of ketones is 2. The molecule has 170 valence electrons. The molecule has 2 aromatic carbocycles. The summed E-state index contributed by atoms with van der Waals surface area (Å²) >= 11 is 6.07. The number of halogens is 1. The molecular weight excluding hydrogens is 444 g/mol. The number of Topliss-reactive ketones (excluding diaryl/α,β-unsaturated/α-hetero) is 2. The average Bonchev–Trinajstić information content (AvgIpc) is 3.38. The Morgan fingerprint density at radius 1 is 1.00 bits per heavy atom. The maximum absolute atomic E-state index is 13.5. The molecule has 33 heavy (non-hydrogen) atoms. The highest BCUT2D eigenvalue weighted by atomic mass is 35.5. The third-order valence-corrected chi connectivity index (χ3v) is 6.58. The fraction of sp³-hybridized carbons (Fsp3) is 0.320. The molecule has 0 N–H and O–H groups in total. The smallest absolute Gasteiger partial charge is 0.291 e. The first-order chi connectivity index (χ1) is 16.0. The van der Waals surface area contributed by atoms with Crippen molar-refractivity contribution in [3.05, 3.63) is 70.9 Å². The lowest BCUT2D eigenvalue weighted by molar-refractivity contribution is -0.141. The molecule has 3 aromatic rings. The first-order valence-corrected chi connectivity index (χ1v) is 11.3. The molecule has 2 aliphatic heterocycles. The van der Waals surface area contributed by atoms with E-state index in [4.69, 9.17) is 20.8 Å². The van der Waals surface area contributed by atoms with Gasteiger partial charge in [0.2, 0.25) is 11.6 Å². The highest BCUT2D eigenvalue weighted by Crippen LogP contribution is 2.39. The molecule has 2 saturated heterocycles. The number of benzene rings is 2. The molecule has 2 atom stereocenters. The quantitative estimate of drug-likeness (QED) is 0.315. The van der Waals surface area contributed by atoms with E-state index in [1.165, 1.54) is 4.90 Å². The SMILES string of the molecule is O=C1C(=O)N(CCN2CCOCC2)C(c2ccc(Cl)cc2)C1C(=O)c1cc2ccccc2o1. The number of likely N-dealkylation sites (tertiary alicyclic amines) is 1. The highest BCUT2D eigenvalue weighted by molar-refractivity contribution is 6.44. The summed E-state index contributed by atoms with van der Waals surface area (Å²) in [4.78, 5) is 43.4. The molecule has 2 fully saturated rings. The van der Waals surface area contributed by atoms with E-state index in [-0.39, 0.29) is 5.76 Å². The van der Waals surface area contributed by atoms with Crippen LogP contribution in [0, 0.1) is 5.92 Å². The minimum absolute atomic E-state index is 0.0799. The lowest BCUT2D eigenvalue weighted by atomic mass is 9.88. The standard InChI is InChI=1S/C25H23ClN2O5/c26-18-7-5-16(6-8-18)22-21(23(29)20-15-17-3-1-2-4-19(17)33-20)24(30)25(31)28(22)10-9-27-11-13-32-14-12-27/h1-8,15,21-22H,9-14H2. The van der Waals surface area contributed by atoms with E-state index < -0.39 is 29.4 Å². The van der Waals surface area contributed by atoms with Gasteiger partial charge in [-0.3, -0.25) is 19.3 Å². The van der Waals surface area contributed by atoms with Gasteiger partial charge in [0.25, 0.3) is 5.91 Å². The fourth-order valence-corrected chi connectivity index (χ4v) is 4.72. The van der Waals surface area contributed by atoms with Crippen LogP contribution in [0.15, 0.2) is 59.0 Å². The Kier molecular flexibility index (Phi) is 6.01. The van der Waals surface area contributed by atoms with Crippen molar-refractivity contribution in [3.63, 3.8) is 0 Å². The van der Waals surface area contributed by atoms with Crippen molar-refractivity contribution < 1.29 is 23.5 Å². The monoisotopic (exact) mass is 466 g/mol. The van der Waals surface area contributed by atoms with Crippen molar-refractivity contribution in [2.45, 2.75) is 6.04 Å². The van der Waals surface area contributed by atoms with Crippen LogP contribution >= 0.6 is 11.6 Å². The Bertz CT molecular complexity index is 1170. The zero-order valence-electron chi connectivity index (χ0n) is 17.9. The van der Waals surface area contributed by atoms with Crippen molar-refractivity contribution in [3.8, 4) is 0 Å². The number of hydrogen-bond acceptors (Lipinski definition) is 6. The number of carbonyl (C=O) groups excluding carboxylic acids is 3. The highest BCUT2D eigenvalue weighted by Gasteiger charge is 2.52. The van der Waals surface area contributed by atoms with Gasteiger partial charge in [0.05, 0.1) is 19.3 Å². The molecule has 0 radical (unpaired) electrons. The molecule has 5 rings (SSSR count). The number of morpholine rings is 1. The number of rotatable bonds is 6. The van der Waals surface area contributed by atoms with Gasteiger partial charge in [-0.05, 0) is 29.8 Å². The van der Waals surface area contributed by atoms with Crippen molar-refractivity contribution in [1.29, 1.82) is 0 Å². The number of para-hydroxylation sites is 1. The van der Waals surface area contributed by atoms with Crippen LogP contribution in [0.25, 0.3) is 11.0 Å². The van der Waals surface area contributed by atoms with Crippen molar-refractivity contribution in [2.24, 2.45) is 5.92 Å². The van der Waals surface area contributed by atoms with Crippen LogP contribution in [0.4, 0.5) is 0 Å². The van der Waals surface area contributed by atoms with Gasteiger partial charge in [0.15, 0.2) is 5.76 Å². The van der Waals surface area contributed by atoms with Crippen LogP contribution in [-0.2, 0) is 14.3 Å². The van der Waals surface area contributed by atoms with Crippen LogP contribution in [0.3, 0.4) is 0 Å². The minimum Gasteiger partial charge on any atom is -0.453 e. The van der Waals surface area contributed by atoms with Gasteiger partial charge in [-0.15, -0.1) is 0 Å². The summed E-state index contributed by atoms with van der Waals surface area (Å²) in [5.74, 6) is -2.93. The molecule has 2 aliphatic rings. The summed E-state index contributed by atoms with van der Waals surface area (Å²) in [7, 11) is 0. The maximum Gasteiger partial charge on any atom is 0.291 e. The minimum atomic E-state index is -1.18. The topological polar surface area (TPSA) is 80.1 Å². The third-order valence-electron chi connectivity index (χ3n) is 6.33. The predicted octanol–water partition coefficient (Wildman–Crippen LogP) is 3.37. The number of ether oxygens (including phenoxy) is 1. The zero-order chi connectivity index (χ0) is 22.9. The summed E-state index contributed by atoms with van der Waals surface area (Å²) in [6.45, 7) is 3.74. The second-order valence-electron chi connectivity index (χ2n) is 8.30. The molecule has 0 bridgehead atoms. The van der Waals surface area contributed by atoms with Gasteiger partial charge in [-0.2, -0.15) is 0 Å². The average molecular weight is 467 g/mol. The Labute approximate surface area is 195 Å². The lowest BCUT2D eigenvalue weighted by Crippen LogP contribution is -2.42. The predicted molar refractivity (Wildman–Crippen MR) is 122 cm³/mol.